The zero-order chi connectivity index (χ0) is 22.0. The molecular formula is C22H24ClN3O3S2. The Bertz CT molecular complexity index is 1200. The van der Waals surface area contributed by atoms with Crippen molar-refractivity contribution in [2.24, 2.45) is 0 Å². The molecule has 9 heteroatoms. The number of nitrogens with zero attached hydrogens (tertiary/aromatic N) is 3. The highest BCUT2D eigenvalue weighted by Gasteiger charge is 2.33. The van der Waals surface area contributed by atoms with E-state index in [2.05, 4.69) is 16.7 Å². The molecular weight excluding hydrogens is 454 g/mol. The van der Waals surface area contributed by atoms with Crippen LogP contribution in [0.2, 0.25) is 5.02 Å². The lowest BCUT2D eigenvalue weighted by Crippen LogP contribution is -2.42. The van der Waals surface area contributed by atoms with Gasteiger partial charge in [0.05, 0.1) is 34.8 Å². The van der Waals surface area contributed by atoms with Crippen LogP contribution in [0.4, 0.5) is 0 Å². The molecule has 4 rings (SSSR count). The highest BCUT2D eigenvalue weighted by Crippen LogP contribution is 2.28. The smallest absolute Gasteiger partial charge is 0.233 e. The summed E-state index contributed by atoms with van der Waals surface area (Å²) in [7, 11) is -3.04. The van der Waals surface area contributed by atoms with Gasteiger partial charge in [0.25, 0.3) is 0 Å². The van der Waals surface area contributed by atoms with Gasteiger partial charge < -0.3 is 9.47 Å². The molecule has 0 saturated carbocycles. The first-order valence-corrected chi connectivity index (χ1v) is 13.4. The number of benzene rings is 2. The zero-order valence-electron chi connectivity index (χ0n) is 17.2. The van der Waals surface area contributed by atoms with Crippen molar-refractivity contribution in [2.45, 2.75) is 31.1 Å². The average Bonchev–Trinajstić information content (AvgIpc) is 3.27. The van der Waals surface area contributed by atoms with Gasteiger partial charge in [0.1, 0.15) is 0 Å². The summed E-state index contributed by atoms with van der Waals surface area (Å²) in [5, 5.41) is 1.36. The monoisotopic (exact) mass is 477 g/mol. The Labute approximate surface area is 191 Å². The maximum atomic E-state index is 12.9. The van der Waals surface area contributed by atoms with Crippen molar-refractivity contribution in [3.05, 3.63) is 59.1 Å². The minimum absolute atomic E-state index is 0.0578. The highest BCUT2D eigenvalue weighted by atomic mass is 35.5. The van der Waals surface area contributed by atoms with Crippen molar-refractivity contribution in [3.63, 3.8) is 0 Å². The number of carbonyl (C=O) groups excluding carboxylic acids is 1. The van der Waals surface area contributed by atoms with E-state index in [1.165, 1.54) is 11.8 Å². The molecule has 0 unspecified atom stereocenters. The summed E-state index contributed by atoms with van der Waals surface area (Å²) < 4.78 is 25.8. The summed E-state index contributed by atoms with van der Waals surface area (Å²) in [4.78, 5) is 19.4. The fraction of sp³-hybridized carbons (Fsp3) is 0.364. The van der Waals surface area contributed by atoms with Gasteiger partial charge in [0, 0.05) is 17.6 Å². The summed E-state index contributed by atoms with van der Waals surface area (Å²) in [6.45, 7) is 3.02. The second-order valence-electron chi connectivity index (χ2n) is 7.62. The van der Waals surface area contributed by atoms with Crippen molar-refractivity contribution in [1.29, 1.82) is 0 Å². The molecule has 0 aliphatic carbocycles. The van der Waals surface area contributed by atoms with Crippen LogP contribution in [-0.4, -0.2) is 58.6 Å². The molecule has 1 atom stereocenters. The van der Waals surface area contributed by atoms with Crippen LogP contribution in [0, 0.1) is 0 Å². The largest absolute Gasteiger partial charge is 0.338 e. The zero-order valence-corrected chi connectivity index (χ0v) is 19.6. The maximum Gasteiger partial charge on any atom is 0.233 e. The molecule has 0 radical (unpaired) electrons. The van der Waals surface area contributed by atoms with E-state index in [1.807, 2.05) is 43.3 Å². The van der Waals surface area contributed by atoms with E-state index in [1.54, 1.807) is 4.90 Å². The summed E-state index contributed by atoms with van der Waals surface area (Å²) >= 11 is 7.53. The number of carbonyl (C=O) groups is 1. The van der Waals surface area contributed by atoms with E-state index in [0.29, 0.717) is 24.5 Å². The molecule has 1 amide bonds. The quantitative estimate of drug-likeness (QED) is 0.483. The predicted molar refractivity (Wildman–Crippen MR) is 125 cm³/mol. The molecule has 0 bridgehead atoms. The van der Waals surface area contributed by atoms with Gasteiger partial charge in [0.2, 0.25) is 5.91 Å². The topological polar surface area (TPSA) is 72.3 Å². The molecule has 1 fully saturated rings. The summed E-state index contributed by atoms with van der Waals surface area (Å²) in [5.74, 6) is 0.353. The Kier molecular flexibility index (Phi) is 6.60. The van der Waals surface area contributed by atoms with Gasteiger partial charge in [-0.2, -0.15) is 0 Å². The van der Waals surface area contributed by atoms with Gasteiger partial charge in [-0.25, -0.2) is 13.4 Å². The minimum atomic E-state index is -3.04. The molecule has 0 spiro atoms. The number of hydrogen-bond acceptors (Lipinski definition) is 5. The number of imidazole rings is 1. The third-order valence-electron chi connectivity index (χ3n) is 5.49. The Hall–Kier alpha value is -2.03. The molecule has 1 aromatic heterocycles. The predicted octanol–water partition coefficient (Wildman–Crippen LogP) is 3.87. The lowest BCUT2D eigenvalue weighted by atomic mass is 10.2. The summed E-state index contributed by atoms with van der Waals surface area (Å²) in [6.07, 6.45) is 0.512. The van der Waals surface area contributed by atoms with E-state index in [4.69, 9.17) is 16.6 Å². The van der Waals surface area contributed by atoms with Gasteiger partial charge >= 0.3 is 0 Å². The fourth-order valence-corrected chi connectivity index (χ4v) is 6.78. The summed E-state index contributed by atoms with van der Waals surface area (Å²) in [6, 6.07) is 15.5. The Morgan fingerprint density at radius 3 is 2.71 bits per heavy atom. The van der Waals surface area contributed by atoms with Gasteiger partial charge in [-0.15, -0.1) is 0 Å². The summed E-state index contributed by atoms with van der Waals surface area (Å²) in [5.41, 5.74) is 2.88. The molecule has 164 valence electrons. The van der Waals surface area contributed by atoms with E-state index in [-0.39, 0.29) is 29.2 Å². The second-order valence-corrected chi connectivity index (χ2v) is 11.2. The number of sulfone groups is 1. The molecule has 1 aliphatic heterocycles. The normalized spacial score (nSPS) is 17.8. The van der Waals surface area contributed by atoms with Crippen molar-refractivity contribution >= 4 is 50.1 Å². The Morgan fingerprint density at radius 1 is 1.26 bits per heavy atom. The van der Waals surface area contributed by atoms with Crippen LogP contribution in [0.15, 0.2) is 53.7 Å². The fourth-order valence-electron chi connectivity index (χ4n) is 3.98. The van der Waals surface area contributed by atoms with E-state index in [9.17, 15) is 13.2 Å². The van der Waals surface area contributed by atoms with Crippen LogP contribution >= 0.6 is 23.4 Å². The maximum absolute atomic E-state index is 12.9. The molecule has 2 heterocycles. The number of aromatic nitrogens is 2. The first kappa shape index (κ1) is 22.2. The first-order chi connectivity index (χ1) is 14.9. The van der Waals surface area contributed by atoms with Gasteiger partial charge in [-0.05, 0) is 37.1 Å². The number of amides is 1. The SMILES string of the molecule is CCN(C(=O)CSc1nc2cc(Cl)ccc2n1Cc1ccccc1)[C@@H]1CCS(=O)(=O)C1. The molecule has 31 heavy (non-hydrogen) atoms. The van der Waals surface area contributed by atoms with Crippen LogP contribution in [0.25, 0.3) is 11.0 Å². The molecule has 0 N–H and O–H groups in total. The van der Waals surface area contributed by atoms with Crippen molar-refractivity contribution < 1.29 is 13.2 Å². The number of rotatable bonds is 7. The van der Waals surface area contributed by atoms with Gasteiger partial charge in [-0.1, -0.05) is 53.7 Å². The van der Waals surface area contributed by atoms with E-state index < -0.39 is 9.84 Å². The van der Waals surface area contributed by atoms with Crippen LogP contribution in [0.1, 0.15) is 18.9 Å². The molecule has 1 saturated heterocycles. The van der Waals surface area contributed by atoms with Crippen LogP contribution in [0.3, 0.4) is 0 Å². The first-order valence-electron chi connectivity index (χ1n) is 10.2. The number of thioether (sulfide) groups is 1. The van der Waals surface area contributed by atoms with Gasteiger partial charge in [0.15, 0.2) is 15.0 Å². The van der Waals surface area contributed by atoms with Crippen LogP contribution in [-0.2, 0) is 21.2 Å². The highest BCUT2D eigenvalue weighted by molar-refractivity contribution is 7.99. The third-order valence-corrected chi connectivity index (χ3v) is 8.44. The lowest BCUT2D eigenvalue weighted by Gasteiger charge is -2.26. The molecule has 6 nitrogen and oxygen atoms in total. The molecule has 1 aliphatic rings. The number of hydrogen-bond donors (Lipinski definition) is 0. The lowest BCUT2D eigenvalue weighted by molar-refractivity contribution is -0.129. The second kappa shape index (κ2) is 9.22. The van der Waals surface area contributed by atoms with Crippen molar-refractivity contribution in [2.75, 3.05) is 23.8 Å². The average molecular weight is 478 g/mol. The van der Waals surface area contributed by atoms with E-state index in [0.717, 1.165) is 21.8 Å². The van der Waals surface area contributed by atoms with E-state index >= 15 is 0 Å². The van der Waals surface area contributed by atoms with Crippen LogP contribution in [0.5, 0.6) is 0 Å². The number of halogens is 1. The molecule has 3 aromatic rings. The standard InChI is InChI=1S/C22H24ClN3O3S2/c1-2-25(18-10-11-31(28,29)15-18)21(27)14-30-22-24-19-12-17(23)8-9-20(19)26(22)13-16-6-4-3-5-7-16/h3-9,12,18H,2,10-11,13-15H2,1H3/t18-/m1/s1. The Balaban J connectivity index is 1.56. The Morgan fingerprint density at radius 2 is 2.03 bits per heavy atom. The number of fused-ring (bicyclic) bond motifs is 1. The van der Waals surface area contributed by atoms with Crippen molar-refractivity contribution in [3.8, 4) is 0 Å². The van der Waals surface area contributed by atoms with Crippen molar-refractivity contribution in [1.82, 2.24) is 14.5 Å². The minimum Gasteiger partial charge on any atom is -0.338 e. The third kappa shape index (κ3) is 5.07. The van der Waals surface area contributed by atoms with Gasteiger partial charge in [-0.3, -0.25) is 4.79 Å². The van der Waals surface area contributed by atoms with Crippen LogP contribution < -0.4 is 0 Å². The molecule has 2 aromatic carbocycles.